The van der Waals surface area contributed by atoms with Gasteiger partial charge < -0.3 is 0 Å². The Morgan fingerprint density at radius 2 is 1.78 bits per heavy atom. The van der Waals surface area contributed by atoms with Crippen LogP contribution in [0.15, 0.2) is 29.2 Å². The third kappa shape index (κ3) is 3.56. The van der Waals surface area contributed by atoms with Gasteiger partial charge in [-0.25, -0.2) is 8.42 Å². The molecule has 0 bridgehead atoms. The van der Waals surface area contributed by atoms with E-state index in [0.29, 0.717) is 6.07 Å². The summed E-state index contributed by atoms with van der Waals surface area (Å²) in [6.45, 7) is 1.19. The number of hydrogen-bond acceptors (Lipinski definition) is 3. The minimum atomic E-state index is -4.74. The van der Waals surface area contributed by atoms with Crippen LogP contribution in [0.1, 0.15) is 18.9 Å². The van der Waals surface area contributed by atoms with Crippen LogP contribution in [0.3, 0.4) is 0 Å². The molecule has 0 N–H and O–H groups in total. The monoisotopic (exact) mass is 280 g/mol. The van der Waals surface area contributed by atoms with Crippen molar-refractivity contribution in [3.8, 4) is 0 Å². The van der Waals surface area contributed by atoms with E-state index in [1.165, 1.54) is 13.0 Å². The van der Waals surface area contributed by atoms with Gasteiger partial charge in [0.15, 0.2) is 9.84 Å². The van der Waals surface area contributed by atoms with Gasteiger partial charge in [-0.2, -0.15) is 13.2 Å². The zero-order chi connectivity index (χ0) is 14.0. The van der Waals surface area contributed by atoms with Gasteiger partial charge in [0.25, 0.3) is 0 Å². The lowest BCUT2D eigenvalue weighted by Gasteiger charge is -2.12. The lowest BCUT2D eigenvalue weighted by atomic mass is 10.2. The molecule has 0 spiro atoms. The first-order chi connectivity index (χ1) is 8.14. The molecule has 0 amide bonds. The maximum Gasteiger partial charge on any atom is 0.417 e. The van der Waals surface area contributed by atoms with Crippen LogP contribution < -0.4 is 0 Å². The van der Waals surface area contributed by atoms with Crippen LogP contribution >= 0.6 is 0 Å². The molecule has 18 heavy (non-hydrogen) atoms. The molecule has 0 fully saturated rings. The van der Waals surface area contributed by atoms with E-state index in [9.17, 15) is 26.4 Å². The molecule has 0 atom stereocenters. The van der Waals surface area contributed by atoms with Gasteiger partial charge in [-0.3, -0.25) is 4.79 Å². The summed E-state index contributed by atoms with van der Waals surface area (Å²) in [5.74, 6) is -1.00. The predicted octanol–water partition coefficient (Wildman–Crippen LogP) is 2.46. The van der Waals surface area contributed by atoms with Crippen molar-refractivity contribution in [3.05, 3.63) is 29.8 Å². The number of sulfone groups is 1. The Balaban J connectivity index is 3.21. The quantitative estimate of drug-likeness (QED) is 0.851. The zero-order valence-electron chi connectivity index (χ0n) is 9.49. The molecule has 0 aliphatic heterocycles. The van der Waals surface area contributed by atoms with E-state index in [0.717, 1.165) is 12.1 Å². The lowest BCUT2D eigenvalue weighted by Crippen LogP contribution is -2.16. The molecule has 0 unspecified atom stereocenters. The van der Waals surface area contributed by atoms with Crippen molar-refractivity contribution in [2.45, 2.75) is 24.4 Å². The normalized spacial score (nSPS) is 12.4. The second-order valence-corrected chi connectivity index (χ2v) is 5.84. The molecule has 0 heterocycles. The largest absolute Gasteiger partial charge is 0.417 e. The molecule has 3 nitrogen and oxygen atoms in total. The van der Waals surface area contributed by atoms with E-state index in [-0.39, 0.29) is 12.2 Å². The molecule has 0 saturated carbocycles. The maximum absolute atomic E-state index is 12.6. The Hall–Kier alpha value is -1.37. The van der Waals surface area contributed by atoms with E-state index < -0.39 is 32.2 Å². The van der Waals surface area contributed by atoms with Gasteiger partial charge in [0.2, 0.25) is 0 Å². The molecular weight excluding hydrogens is 269 g/mol. The lowest BCUT2D eigenvalue weighted by molar-refractivity contribution is -0.139. The second kappa shape index (κ2) is 5.09. The predicted molar refractivity (Wildman–Crippen MR) is 58.8 cm³/mol. The molecule has 100 valence electrons. The molecule has 7 heteroatoms. The van der Waals surface area contributed by atoms with E-state index in [1.807, 2.05) is 0 Å². The van der Waals surface area contributed by atoms with E-state index in [2.05, 4.69) is 0 Å². The van der Waals surface area contributed by atoms with E-state index >= 15 is 0 Å². The summed E-state index contributed by atoms with van der Waals surface area (Å²) in [6, 6.07) is 3.95. The zero-order valence-corrected chi connectivity index (χ0v) is 10.3. The first kappa shape index (κ1) is 14.7. The Bertz CT molecular complexity index is 547. The van der Waals surface area contributed by atoms with Crippen LogP contribution in [-0.2, 0) is 20.8 Å². The summed E-state index contributed by atoms with van der Waals surface area (Å²) < 4.78 is 61.4. The number of carbonyl (C=O) groups excluding carboxylic acids is 1. The third-order valence-electron chi connectivity index (χ3n) is 2.25. The molecule has 0 aliphatic rings. The fraction of sp³-hybridized carbons (Fsp3) is 0.364. The van der Waals surface area contributed by atoms with Crippen LogP contribution in [0.2, 0.25) is 0 Å². The van der Waals surface area contributed by atoms with Crippen molar-refractivity contribution in [2.24, 2.45) is 0 Å². The number of ketones is 1. The molecular formula is C11H11F3O3S. The number of benzene rings is 1. The van der Waals surface area contributed by atoms with Crippen LogP contribution in [0, 0.1) is 0 Å². The van der Waals surface area contributed by atoms with Gasteiger partial charge in [0.1, 0.15) is 5.78 Å². The minimum absolute atomic E-state index is 0.297. The number of halogens is 3. The first-order valence-electron chi connectivity index (χ1n) is 5.03. The molecule has 1 aromatic rings. The molecule has 0 aliphatic carbocycles. The van der Waals surface area contributed by atoms with Gasteiger partial charge in [0.05, 0.1) is 16.2 Å². The smallest absolute Gasteiger partial charge is 0.300 e. The summed E-state index contributed by atoms with van der Waals surface area (Å²) in [5.41, 5.74) is -1.20. The summed E-state index contributed by atoms with van der Waals surface area (Å²) in [5, 5.41) is 0. The fourth-order valence-electron chi connectivity index (χ4n) is 1.36. The van der Waals surface area contributed by atoms with Crippen molar-refractivity contribution >= 4 is 15.6 Å². The molecule has 1 rings (SSSR count). The average Bonchev–Trinajstić information content (AvgIpc) is 2.25. The summed E-state index contributed by atoms with van der Waals surface area (Å²) in [7, 11) is -4.11. The number of alkyl halides is 3. The van der Waals surface area contributed by atoms with Crippen molar-refractivity contribution in [2.75, 3.05) is 5.75 Å². The summed E-state index contributed by atoms with van der Waals surface area (Å²) in [6.07, 6.45) is -5.03. The summed E-state index contributed by atoms with van der Waals surface area (Å²) >= 11 is 0. The third-order valence-corrected chi connectivity index (χ3v) is 4.02. The van der Waals surface area contributed by atoms with Crippen LogP contribution in [0.4, 0.5) is 13.2 Å². The Morgan fingerprint density at radius 1 is 1.22 bits per heavy atom. The van der Waals surface area contributed by atoms with Crippen molar-refractivity contribution in [1.29, 1.82) is 0 Å². The minimum Gasteiger partial charge on any atom is -0.300 e. The standard InChI is InChI=1S/C11H11F3O3S/c1-8(15)6-7-18(16,17)10-5-3-2-4-9(10)11(12,13)14/h2-5H,6-7H2,1H3. The van der Waals surface area contributed by atoms with Crippen LogP contribution in [-0.4, -0.2) is 20.0 Å². The number of rotatable bonds is 4. The molecule has 0 saturated heterocycles. The molecule has 1 aromatic carbocycles. The van der Waals surface area contributed by atoms with Gasteiger partial charge in [-0.1, -0.05) is 12.1 Å². The van der Waals surface area contributed by atoms with Gasteiger partial charge in [-0.05, 0) is 19.1 Å². The van der Waals surface area contributed by atoms with E-state index in [1.54, 1.807) is 0 Å². The van der Waals surface area contributed by atoms with Crippen LogP contribution in [0.5, 0.6) is 0 Å². The van der Waals surface area contributed by atoms with Crippen molar-refractivity contribution in [1.82, 2.24) is 0 Å². The average molecular weight is 280 g/mol. The maximum atomic E-state index is 12.6. The number of carbonyl (C=O) groups is 1. The van der Waals surface area contributed by atoms with Gasteiger partial charge in [0, 0.05) is 6.42 Å². The highest BCUT2D eigenvalue weighted by atomic mass is 32.2. The van der Waals surface area contributed by atoms with Crippen molar-refractivity contribution in [3.63, 3.8) is 0 Å². The number of Topliss-reactive ketones (excluding diaryl/α,β-unsaturated/α-hetero) is 1. The Labute approximate surface area is 103 Å². The SMILES string of the molecule is CC(=O)CCS(=O)(=O)c1ccccc1C(F)(F)F. The van der Waals surface area contributed by atoms with Gasteiger partial charge >= 0.3 is 6.18 Å². The topological polar surface area (TPSA) is 51.2 Å². The van der Waals surface area contributed by atoms with Crippen molar-refractivity contribution < 1.29 is 26.4 Å². The van der Waals surface area contributed by atoms with Crippen LogP contribution in [0.25, 0.3) is 0 Å². The highest BCUT2D eigenvalue weighted by molar-refractivity contribution is 7.91. The first-order valence-corrected chi connectivity index (χ1v) is 6.68. The summed E-state index contributed by atoms with van der Waals surface area (Å²) in [4.78, 5) is 9.94. The second-order valence-electron chi connectivity index (χ2n) is 3.76. The molecule has 0 aromatic heterocycles. The highest BCUT2D eigenvalue weighted by Gasteiger charge is 2.36. The van der Waals surface area contributed by atoms with Gasteiger partial charge in [-0.15, -0.1) is 0 Å². The molecule has 0 radical (unpaired) electrons. The number of hydrogen-bond donors (Lipinski definition) is 0. The highest BCUT2D eigenvalue weighted by Crippen LogP contribution is 2.34. The van der Waals surface area contributed by atoms with E-state index in [4.69, 9.17) is 0 Å². The Kier molecular flexibility index (Phi) is 4.16. The Morgan fingerprint density at radius 3 is 2.28 bits per heavy atom. The fourth-order valence-corrected chi connectivity index (χ4v) is 2.94.